The minimum Gasteiger partial charge on any atom is -0.317 e. The monoisotopic (exact) mass is 379 g/mol. The lowest BCUT2D eigenvalue weighted by Gasteiger charge is -2.31. The average molecular weight is 380 g/mol. The molecule has 1 fully saturated rings. The number of carbonyl (C=O) groups excluding carboxylic acids is 1. The summed E-state index contributed by atoms with van der Waals surface area (Å²) in [6.45, 7) is 9.52. The molecule has 1 atom stereocenters. The highest BCUT2D eigenvalue weighted by Crippen LogP contribution is 2.34. The number of nitrogens with one attached hydrogen (secondary N) is 1. The van der Waals surface area contributed by atoms with E-state index in [0.29, 0.717) is 11.8 Å². The number of likely N-dealkylation sites (tertiary alicyclic amines) is 1. The molecule has 1 aliphatic heterocycles. The van der Waals surface area contributed by atoms with Gasteiger partial charge < -0.3 is 10.2 Å². The maximum absolute atomic E-state index is 13.5. The Kier molecular flexibility index (Phi) is 6.71. The van der Waals surface area contributed by atoms with Crippen LogP contribution >= 0.6 is 0 Å². The van der Waals surface area contributed by atoms with Crippen molar-refractivity contribution in [3.63, 3.8) is 0 Å². The van der Waals surface area contributed by atoms with Crippen LogP contribution in [-0.4, -0.2) is 22.5 Å². The third-order valence-electron chi connectivity index (χ3n) is 5.71. The van der Waals surface area contributed by atoms with Crippen molar-refractivity contribution in [1.82, 2.24) is 9.88 Å². The molecule has 0 bridgehead atoms. The molecule has 28 heavy (non-hydrogen) atoms. The van der Waals surface area contributed by atoms with Gasteiger partial charge >= 0.3 is 6.03 Å². The highest BCUT2D eigenvalue weighted by atomic mass is 16.2. The Balaban J connectivity index is 1.92. The van der Waals surface area contributed by atoms with Gasteiger partial charge in [0, 0.05) is 24.6 Å². The Morgan fingerprint density at radius 3 is 2.25 bits per heavy atom. The van der Waals surface area contributed by atoms with Crippen molar-refractivity contribution in [3.8, 4) is 0 Å². The van der Waals surface area contributed by atoms with E-state index in [1.54, 1.807) is 0 Å². The van der Waals surface area contributed by atoms with E-state index in [4.69, 9.17) is 0 Å². The van der Waals surface area contributed by atoms with Crippen LogP contribution in [0.25, 0.3) is 0 Å². The van der Waals surface area contributed by atoms with Crippen LogP contribution in [0, 0.1) is 0 Å². The standard InChI is InChI=1S/C24H33N3O/c1-17(2)20-9-8-10-21(18(3)4)23(20)26-24(28)27-16-7-5-6-11-22(27)19-12-14-25-15-13-19/h8-10,12-15,17-18,22H,5-7,11,16H2,1-4H3,(H,26,28)/t22-/m0/s1. The van der Waals surface area contributed by atoms with Gasteiger partial charge in [-0.15, -0.1) is 0 Å². The molecule has 2 heterocycles. The molecule has 1 aromatic heterocycles. The highest BCUT2D eigenvalue weighted by molar-refractivity contribution is 5.91. The quantitative estimate of drug-likeness (QED) is 0.661. The second kappa shape index (κ2) is 9.22. The van der Waals surface area contributed by atoms with Crippen molar-refractivity contribution in [1.29, 1.82) is 0 Å². The van der Waals surface area contributed by atoms with Gasteiger partial charge in [0.2, 0.25) is 0 Å². The number of carbonyl (C=O) groups is 1. The number of urea groups is 1. The molecule has 150 valence electrons. The van der Waals surface area contributed by atoms with Gasteiger partial charge in [-0.05, 0) is 53.5 Å². The van der Waals surface area contributed by atoms with E-state index in [0.717, 1.165) is 31.5 Å². The Labute approximate surface area is 169 Å². The molecule has 3 rings (SSSR count). The Hall–Kier alpha value is -2.36. The molecule has 1 aliphatic rings. The predicted molar refractivity (Wildman–Crippen MR) is 116 cm³/mol. The Bertz CT molecular complexity index is 759. The summed E-state index contributed by atoms with van der Waals surface area (Å²) >= 11 is 0. The average Bonchev–Trinajstić information content (AvgIpc) is 2.94. The van der Waals surface area contributed by atoms with Crippen molar-refractivity contribution >= 4 is 11.7 Å². The second-order valence-electron chi connectivity index (χ2n) is 8.39. The number of nitrogens with zero attached hydrogens (tertiary/aromatic N) is 2. The number of rotatable bonds is 4. The number of hydrogen-bond acceptors (Lipinski definition) is 2. The van der Waals surface area contributed by atoms with E-state index in [-0.39, 0.29) is 12.1 Å². The smallest absolute Gasteiger partial charge is 0.317 e. The lowest BCUT2D eigenvalue weighted by Crippen LogP contribution is -2.38. The van der Waals surface area contributed by atoms with Crippen LogP contribution in [0.4, 0.5) is 10.5 Å². The van der Waals surface area contributed by atoms with E-state index in [1.165, 1.54) is 23.1 Å². The van der Waals surface area contributed by atoms with Crippen molar-refractivity contribution < 1.29 is 4.79 Å². The van der Waals surface area contributed by atoms with Gasteiger partial charge in [-0.25, -0.2) is 4.79 Å². The number of benzene rings is 1. The van der Waals surface area contributed by atoms with Crippen molar-refractivity contribution in [2.45, 2.75) is 71.3 Å². The van der Waals surface area contributed by atoms with Gasteiger partial charge in [0.25, 0.3) is 0 Å². The molecular weight excluding hydrogens is 346 g/mol. The molecule has 0 unspecified atom stereocenters. The Morgan fingerprint density at radius 1 is 1.00 bits per heavy atom. The molecule has 4 heteroatoms. The summed E-state index contributed by atoms with van der Waals surface area (Å²) in [5.41, 5.74) is 4.58. The summed E-state index contributed by atoms with van der Waals surface area (Å²) in [7, 11) is 0. The Morgan fingerprint density at radius 2 is 1.64 bits per heavy atom. The third-order valence-corrected chi connectivity index (χ3v) is 5.71. The molecule has 2 amide bonds. The van der Waals surface area contributed by atoms with Gasteiger partial charge in [-0.1, -0.05) is 58.7 Å². The molecule has 4 nitrogen and oxygen atoms in total. The van der Waals surface area contributed by atoms with E-state index >= 15 is 0 Å². The zero-order chi connectivity index (χ0) is 20.1. The number of pyridine rings is 1. The fourth-order valence-corrected chi connectivity index (χ4v) is 4.16. The van der Waals surface area contributed by atoms with Crippen molar-refractivity contribution in [2.75, 3.05) is 11.9 Å². The summed E-state index contributed by atoms with van der Waals surface area (Å²) in [6, 6.07) is 10.6. The maximum atomic E-state index is 13.5. The van der Waals surface area contributed by atoms with Crippen LogP contribution in [0.1, 0.15) is 87.9 Å². The van der Waals surface area contributed by atoms with E-state index in [9.17, 15) is 4.79 Å². The molecule has 1 saturated heterocycles. The summed E-state index contributed by atoms with van der Waals surface area (Å²) < 4.78 is 0. The van der Waals surface area contributed by atoms with Crippen LogP contribution in [-0.2, 0) is 0 Å². The fourth-order valence-electron chi connectivity index (χ4n) is 4.16. The summed E-state index contributed by atoms with van der Waals surface area (Å²) in [5.74, 6) is 0.711. The molecule has 0 saturated carbocycles. The first-order valence-electron chi connectivity index (χ1n) is 10.6. The minimum absolute atomic E-state index is 0.0127. The first kappa shape index (κ1) is 20.4. The predicted octanol–water partition coefficient (Wildman–Crippen LogP) is 6.48. The van der Waals surface area contributed by atoms with Crippen LogP contribution in [0.2, 0.25) is 0 Å². The van der Waals surface area contributed by atoms with Crippen molar-refractivity contribution in [2.24, 2.45) is 0 Å². The van der Waals surface area contributed by atoms with Crippen molar-refractivity contribution in [3.05, 3.63) is 59.4 Å². The second-order valence-corrected chi connectivity index (χ2v) is 8.39. The lowest BCUT2D eigenvalue weighted by atomic mass is 9.92. The molecular formula is C24H33N3O. The molecule has 1 aromatic carbocycles. The van der Waals surface area contributed by atoms with Crippen LogP contribution < -0.4 is 5.32 Å². The lowest BCUT2D eigenvalue weighted by molar-refractivity contribution is 0.189. The summed E-state index contributed by atoms with van der Waals surface area (Å²) in [6.07, 6.45) is 8.02. The van der Waals surface area contributed by atoms with Gasteiger partial charge in [0.05, 0.1) is 6.04 Å². The molecule has 2 aromatic rings. The zero-order valence-electron chi connectivity index (χ0n) is 17.6. The van der Waals surface area contributed by atoms with Gasteiger partial charge in [0.1, 0.15) is 0 Å². The molecule has 0 spiro atoms. The number of aromatic nitrogens is 1. The fraction of sp³-hybridized carbons (Fsp3) is 0.500. The highest BCUT2D eigenvalue weighted by Gasteiger charge is 2.28. The number of amides is 2. The topological polar surface area (TPSA) is 45.2 Å². The molecule has 1 N–H and O–H groups in total. The SMILES string of the molecule is CC(C)c1cccc(C(C)C)c1NC(=O)N1CCCCC[C@H]1c1ccncc1. The van der Waals surface area contributed by atoms with Crippen LogP contribution in [0.15, 0.2) is 42.7 Å². The van der Waals surface area contributed by atoms with Crippen LogP contribution in [0.5, 0.6) is 0 Å². The minimum atomic E-state index is 0.0127. The van der Waals surface area contributed by atoms with Gasteiger partial charge in [-0.3, -0.25) is 4.98 Å². The molecule has 0 aliphatic carbocycles. The summed E-state index contributed by atoms with van der Waals surface area (Å²) in [5, 5.41) is 3.31. The summed E-state index contributed by atoms with van der Waals surface area (Å²) in [4.78, 5) is 19.6. The van der Waals surface area contributed by atoms with Crippen LogP contribution in [0.3, 0.4) is 0 Å². The largest absolute Gasteiger partial charge is 0.322 e. The maximum Gasteiger partial charge on any atom is 0.322 e. The number of para-hydroxylation sites is 1. The van der Waals surface area contributed by atoms with Gasteiger partial charge in [0.15, 0.2) is 0 Å². The van der Waals surface area contributed by atoms with E-state index in [2.05, 4.69) is 56.2 Å². The normalized spacial score (nSPS) is 17.6. The third kappa shape index (κ3) is 4.54. The first-order valence-corrected chi connectivity index (χ1v) is 10.6. The number of hydrogen-bond donors (Lipinski definition) is 1. The first-order chi connectivity index (χ1) is 13.5. The van der Waals surface area contributed by atoms with Gasteiger partial charge in [-0.2, -0.15) is 0 Å². The van der Waals surface area contributed by atoms with E-state index in [1.807, 2.05) is 29.4 Å². The zero-order valence-corrected chi connectivity index (χ0v) is 17.6. The number of anilines is 1. The molecule has 0 radical (unpaired) electrons. The van der Waals surface area contributed by atoms with E-state index < -0.39 is 0 Å².